The molecule has 0 saturated heterocycles. The zero-order valence-electron chi connectivity index (χ0n) is 11.2. The van der Waals surface area contributed by atoms with Crippen molar-refractivity contribution < 1.29 is 4.21 Å². The van der Waals surface area contributed by atoms with Crippen LogP contribution in [0.2, 0.25) is 0 Å². The predicted octanol–water partition coefficient (Wildman–Crippen LogP) is 3.40. The van der Waals surface area contributed by atoms with E-state index >= 15 is 0 Å². The van der Waals surface area contributed by atoms with Crippen molar-refractivity contribution >= 4 is 48.3 Å². The van der Waals surface area contributed by atoms with Gasteiger partial charge in [0.1, 0.15) is 0 Å². The van der Waals surface area contributed by atoms with Crippen LogP contribution < -0.4 is 5.73 Å². The second kappa shape index (κ2) is 6.41. The fraction of sp³-hybridized carbons (Fsp3) is 0.308. The average molecular weight is 421 g/mol. The molecule has 0 spiro atoms. The summed E-state index contributed by atoms with van der Waals surface area (Å²) in [5, 5.41) is 4.42. The maximum atomic E-state index is 12.5. The van der Waals surface area contributed by atoms with Crippen LogP contribution in [0.3, 0.4) is 0 Å². The summed E-state index contributed by atoms with van der Waals surface area (Å²) in [4.78, 5) is 0.741. The number of aromatic nitrogens is 2. The van der Waals surface area contributed by atoms with Gasteiger partial charge in [0, 0.05) is 17.2 Å². The van der Waals surface area contributed by atoms with E-state index in [1.54, 1.807) is 22.9 Å². The molecule has 0 aliphatic carbocycles. The molecule has 0 aliphatic rings. The third-order valence-electron chi connectivity index (χ3n) is 2.97. The molecule has 1 unspecified atom stereocenters. The summed E-state index contributed by atoms with van der Waals surface area (Å²) < 4.78 is 16.0. The summed E-state index contributed by atoms with van der Waals surface area (Å²) >= 11 is 6.95. The number of benzene rings is 1. The SMILES string of the molecule is CCc1nn(C)c(CS(=O)c2ccc(N)cc2Br)c1Br. The van der Waals surface area contributed by atoms with Crippen LogP contribution in [0, 0.1) is 0 Å². The molecule has 2 aromatic rings. The maximum absolute atomic E-state index is 12.5. The first kappa shape index (κ1) is 15.7. The molecular formula is C13H15Br2N3OS. The van der Waals surface area contributed by atoms with Gasteiger partial charge in [-0.1, -0.05) is 6.92 Å². The van der Waals surface area contributed by atoms with Crippen LogP contribution in [0.5, 0.6) is 0 Å². The van der Waals surface area contributed by atoms with Crippen LogP contribution in [0.25, 0.3) is 0 Å². The second-order valence-electron chi connectivity index (χ2n) is 4.36. The van der Waals surface area contributed by atoms with E-state index in [4.69, 9.17) is 5.73 Å². The smallest absolute Gasteiger partial charge is 0.0767 e. The predicted molar refractivity (Wildman–Crippen MR) is 89.0 cm³/mol. The molecule has 0 aliphatic heterocycles. The Hall–Kier alpha value is -0.660. The number of anilines is 1. The van der Waals surface area contributed by atoms with Crippen molar-refractivity contribution in [2.45, 2.75) is 24.0 Å². The van der Waals surface area contributed by atoms with Crippen LogP contribution >= 0.6 is 31.9 Å². The third-order valence-corrected chi connectivity index (χ3v) is 6.19. The Labute approximate surface area is 137 Å². The van der Waals surface area contributed by atoms with E-state index in [1.807, 2.05) is 14.0 Å². The van der Waals surface area contributed by atoms with Gasteiger partial charge in [-0.05, 0) is 56.5 Å². The Kier molecular flexibility index (Phi) is 5.04. The van der Waals surface area contributed by atoms with Crippen LogP contribution in [-0.4, -0.2) is 14.0 Å². The molecule has 1 atom stereocenters. The number of nitrogens with zero attached hydrogens (tertiary/aromatic N) is 2. The number of nitrogens with two attached hydrogens (primary N) is 1. The van der Waals surface area contributed by atoms with Gasteiger partial charge in [0.25, 0.3) is 0 Å². The van der Waals surface area contributed by atoms with Gasteiger partial charge in [0.05, 0.1) is 37.3 Å². The number of rotatable bonds is 4. The van der Waals surface area contributed by atoms with Gasteiger partial charge in [-0.25, -0.2) is 0 Å². The van der Waals surface area contributed by atoms with E-state index in [0.29, 0.717) is 11.4 Å². The van der Waals surface area contributed by atoms with Crippen molar-refractivity contribution in [1.82, 2.24) is 9.78 Å². The largest absolute Gasteiger partial charge is 0.399 e. The van der Waals surface area contributed by atoms with E-state index in [9.17, 15) is 4.21 Å². The van der Waals surface area contributed by atoms with Gasteiger partial charge in [0.2, 0.25) is 0 Å². The number of halogens is 2. The van der Waals surface area contributed by atoms with E-state index in [2.05, 4.69) is 37.0 Å². The minimum Gasteiger partial charge on any atom is -0.399 e. The zero-order valence-corrected chi connectivity index (χ0v) is 15.2. The van der Waals surface area contributed by atoms with Crippen molar-refractivity contribution in [2.75, 3.05) is 5.73 Å². The molecule has 0 radical (unpaired) electrons. The van der Waals surface area contributed by atoms with Crippen LogP contribution in [0.4, 0.5) is 5.69 Å². The fourth-order valence-corrected chi connectivity index (χ4v) is 4.99. The van der Waals surface area contributed by atoms with Gasteiger partial charge in [0.15, 0.2) is 0 Å². The number of hydrogen-bond acceptors (Lipinski definition) is 3. The van der Waals surface area contributed by atoms with Crippen molar-refractivity contribution in [1.29, 1.82) is 0 Å². The highest BCUT2D eigenvalue weighted by atomic mass is 79.9. The molecule has 108 valence electrons. The van der Waals surface area contributed by atoms with E-state index < -0.39 is 10.8 Å². The summed E-state index contributed by atoms with van der Waals surface area (Å²) in [6, 6.07) is 5.32. The monoisotopic (exact) mass is 419 g/mol. The lowest BCUT2D eigenvalue weighted by Gasteiger charge is -2.07. The molecule has 7 heteroatoms. The molecular weight excluding hydrogens is 406 g/mol. The first-order chi connectivity index (χ1) is 9.43. The molecule has 1 aromatic carbocycles. The Morgan fingerprint density at radius 1 is 1.40 bits per heavy atom. The van der Waals surface area contributed by atoms with Gasteiger partial charge < -0.3 is 5.73 Å². The van der Waals surface area contributed by atoms with Crippen molar-refractivity contribution in [2.24, 2.45) is 7.05 Å². The quantitative estimate of drug-likeness (QED) is 0.771. The molecule has 0 saturated carbocycles. The average Bonchev–Trinajstić information content (AvgIpc) is 2.66. The summed E-state index contributed by atoms with van der Waals surface area (Å²) in [6.07, 6.45) is 0.840. The number of aryl methyl sites for hydroxylation is 2. The standard InChI is InChI=1S/C13H15Br2N3OS/c1-3-10-13(15)11(18(2)17-10)7-20(19)12-5-4-8(16)6-9(12)14/h4-6H,3,7,16H2,1-2H3. The first-order valence-corrected chi connectivity index (χ1v) is 8.98. The fourth-order valence-electron chi connectivity index (χ4n) is 1.88. The lowest BCUT2D eigenvalue weighted by Crippen LogP contribution is -2.04. The summed E-state index contributed by atoms with van der Waals surface area (Å²) in [7, 11) is 0.713. The molecule has 1 heterocycles. The Morgan fingerprint density at radius 3 is 2.65 bits per heavy atom. The molecule has 0 amide bonds. The van der Waals surface area contributed by atoms with Gasteiger partial charge in [-0.2, -0.15) is 5.10 Å². The molecule has 2 N–H and O–H groups in total. The normalized spacial score (nSPS) is 12.6. The molecule has 1 aromatic heterocycles. The van der Waals surface area contributed by atoms with E-state index in [0.717, 1.165) is 31.6 Å². The second-order valence-corrected chi connectivity index (χ2v) is 7.43. The van der Waals surface area contributed by atoms with E-state index in [-0.39, 0.29) is 0 Å². The van der Waals surface area contributed by atoms with Crippen LogP contribution in [-0.2, 0) is 30.0 Å². The summed E-state index contributed by atoms with van der Waals surface area (Å²) in [6.45, 7) is 2.05. The summed E-state index contributed by atoms with van der Waals surface area (Å²) in [5.74, 6) is 0.409. The Morgan fingerprint density at radius 2 is 2.10 bits per heavy atom. The molecule has 0 bridgehead atoms. The summed E-state index contributed by atoms with van der Waals surface area (Å²) in [5.41, 5.74) is 8.26. The van der Waals surface area contributed by atoms with Crippen molar-refractivity contribution in [3.05, 3.63) is 38.5 Å². The minimum absolute atomic E-state index is 0.409. The number of nitrogen functional groups attached to an aromatic ring is 1. The molecule has 2 rings (SSSR count). The third kappa shape index (κ3) is 3.15. The highest BCUT2D eigenvalue weighted by Crippen LogP contribution is 2.28. The number of hydrogen-bond donors (Lipinski definition) is 1. The molecule has 4 nitrogen and oxygen atoms in total. The minimum atomic E-state index is -1.16. The molecule has 20 heavy (non-hydrogen) atoms. The van der Waals surface area contributed by atoms with Gasteiger partial charge in [-0.15, -0.1) is 0 Å². The van der Waals surface area contributed by atoms with Crippen molar-refractivity contribution in [3.63, 3.8) is 0 Å². The topological polar surface area (TPSA) is 60.9 Å². The van der Waals surface area contributed by atoms with Gasteiger partial charge in [-0.3, -0.25) is 8.89 Å². The molecule has 0 fully saturated rings. The Balaban J connectivity index is 2.30. The Bertz CT molecular complexity index is 670. The maximum Gasteiger partial charge on any atom is 0.0767 e. The van der Waals surface area contributed by atoms with Crippen LogP contribution in [0.15, 0.2) is 32.0 Å². The lowest BCUT2D eigenvalue weighted by molar-refractivity contribution is 0.675. The lowest BCUT2D eigenvalue weighted by atomic mass is 10.3. The van der Waals surface area contributed by atoms with Gasteiger partial charge >= 0.3 is 0 Å². The first-order valence-electron chi connectivity index (χ1n) is 6.07. The highest BCUT2D eigenvalue weighted by molar-refractivity contribution is 9.10. The van der Waals surface area contributed by atoms with E-state index in [1.165, 1.54) is 0 Å². The van der Waals surface area contributed by atoms with Crippen molar-refractivity contribution in [3.8, 4) is 0 Å². The highest BCUT2D eigenvalue weighted by Gasteiger charge is 2.17. The zero-order chi connectivity index (χ0) is 14.9. The van der Waals surface area contributed by atoms with Crippen LogP contribution in [0.1, 0.15) is 18.3 Å².